The minimum Gasteiger partial charge on any atom is -0.315 e. The van der Waals surface area contributed by atoms with Crippen LogP contribution in [0.4, 0.5) is 0 Å². The van der Waals surface area contributed by atoms with Gasteiger partial charge >= 0.3 is 0 Å². The fraction of sp³-hybridized carbons (Fsp3) is 0.824. The lowest BCUT2D eigenvalue weighted by atomic mass is 9.83. The van der Waals surface area contributed by atoms with E-state index in [1.54, 1.807) is 0 Å². The van der Waals surface area contributed by atoms with Crippen molar-refractivity contribution in [1.29, 1.82) is 0 Å². The number of nitrogens with zero attached hydrogens (tertiary/aromatic N) is 3. The molecule has 0 amide bonds. The number of aromatic nitrogens is 2. The molecule has 1 unspecified atom stereocenters. The molecule has 0 bridgehead atoms. The summed E-state index contributed by atoms with van der Waals surface area (Å²) in [5, 5.41) is 7.97. The van der Waals surface area contributed by atoms with Crippen LogP contribution in [0.3, 0.4) is 0 Å². The molecule has 2 aliphatic rings. The highest BCUT2D eigenvalue weighted by Crippen LogP contribution is 2.41. The van der Waals surface area contributed by atoms with E-state index in [1.165, 1.54) is 63.6 Å². The molecule has 1 aliphatic heterocycles. The maximum absolute atomic E-state index is 4.30. The molecule has 0 aromatic carbocycles. The lowest BCUT2D eigenvalue weighted by Gasteiger charge is -2.45. The van der Waals surface area contributed by atoms with Crippen molar-refractivity contribution < 1.29 is 0 Å². The Hall–Kier alpha value is -0.870. The molecule has 1 N–H and O–H groups in total. The molecule has 118 valence electrons. The van der Waals surface area contributed by atoms with Crippen molar-refractivity contribution in [2.24, 2.45) is 7.05 Å². The van der Waals surface area contributed by atoms with Gasteiger partial charge in [-0.05, 0) is 64.2 Å². The number of likely N-dealkylation sites (tertiary alicyclic amines) is 1. The molecule has 4 heteroatoms. The Balaban J connectivity index is 1.69. The number of likely N-dealkylation sites (N-methyl/N-ethyl adjacent to an activating group) is 1. The van der Waals surface area contributed by atoms with Crippen molar-refractivity contribution in [1.82, 2.24) is 20.0 Å². The molecule has 0 radical (unpaired) electrons. The third-order valence-corrected chi connectivity index (χ3v) is 5.68. The second-order valence-electron chi connectivity index (χ2n) is 6.91. The van der Waals surface area contributed by atoms with Gasteiger partial charge in [0.05, 0.1) is 6.20 Å². The van der Waals surface area contributed by atoms with Gasteiger partial charge in [-0.15, -0.1) is 0 Å². The first-order chi connectivity index (χ1) is 10.2. The van der Waals surface area contributed by atoms with Crippen molar-refractivity contribution in [3.63, 3.8) is 0 Å². The van der Waals surface area contributed by atoms with E-state index in [1.807, 2.05) is 17.9 Å². The SMILES string of the molecule is CNC(CCc1cnn(C)c1)C1(N2CCCC2)CCCC1. The average molecular weight is 290 g/mol. The highest BCUT2D eigenvalue weighted by molar-refractivity contribution is 5.08. The zero-order chi connectivity index (χ0) is 14.7. The fourth-order valence-electron chi connectivity index (χ4n) is 4.63. The number of hydrogen-bond acceptors (Lipinski definition) is 3. The molecule has 2 fully saturated rings. The summed E-state index contributed by atoms with van der Waals surface area (Å²) in [5.74, 6) is 0. The molecule has 2 heterocycles. The molecule has 0 spiro atoms. The van der Waals surface area contributed by atoms with Crippen molar-refractivity contribution >= 4 is 0 Å². The Morgan fingerprint density at radius 3 is 2.52 bits per heavy atom. The zero-order valence-corrected chi connectivity index (χ0v) is 13.6. The van der Waals surface area contributed by atoms with Crippen LogP contribution in [-0.2, 0) is 13.5 Å². The first-order valence-electron chi connectivity index (χ1n) is 8.64. The standard InChI is InChI=1S/C17H30N4/c1-18-16(8-7-15-13-19-20(2)14-15)17(9-3-4-10-17)21-11-5-6-12-21/h13-14,16,18H,3-12H2,1-2H3. The monoisotopic (exact) mass is 290 g/mol. The van der Waals surface area contributed by atoms with Gasteiger partial charge in [0.1, 0.15) is 0 Å². The number of hydrogen-bond donors (Lipinski definition) is 1. The molecule has 1 saturated carbocycles. The topological polar surface area (TPSA) is 33.1 Å². The Morgan fingerprint density at radius 1 is 1.24 bits per heavy atom. The number of nitrogens with one attached hydrogen (secondary N) is 1. The highest BCUT2D eigenvalue weighted by atomic mass is 15.2. The van der Waals surface area contributed by atoms with Gasteiger partial charge in [0.25, 0.3) is 0 Å². The summed E-state index contributed by atoms with van der Waals surface area (Å²) in [4.78, 5) is 2.81. The lowest BCUT2D eigenvalue weighted by molar-refractivity contribution is 0.0763. The van der Waals surface area contributed by atoms with Crippen molar-refractivity contribution in [3.8, 4) is 0 Å². The third-order valence-electron chi connectivity index (χ3n) is 5.68. The Morgan fingerprint density at radius 2 is 1.95 bits per heavy atom. The van der Waals surface area contributed by atoms with E-state index in [4.69, 9.17) is 0 Å². The van der Waals surface area contributed by atoms with Gasteiger partial charge in [-0.25, -0.2) is 0 Å². The van der Waals surface area contributed by atoms with Crippen LogP contribution in [0, 0.1) is 0 Å². The van der Waals surface area contributed by atoms with E-state index < -0.39 is 0 Å². The zero-order valence-electron chi connectivity index (χ0n) is 13.6. The maximum atomic E-state index is 4.30. The quantitative estimate of drug-likeness (QED) is 0.873. The van der Waals surface area contributed by atoms with Crippen LogP contribution in [0.2, 0.25) is 0 Å². The van der Waals surface area contributed by atoms with Crippen LogP contribution in [-0.4, -0.2) is 46.4 Å². The minimum absolute atomic E-state index is 0.424. The number of aryl methyl sites for hydroxylation is 2. The molecule has 1 aromatic heterocycles. The van der Waals surface area contributed by atoms with Gasteiger partial charge in [0, 0.05) is 24.8 Å². The maximum Gasteiger partial charge on any atom is 0.0521 e. The van der Waals surface area contributed by atoms with Gasteiger partial charge in [-0.3, -0.25) is 9.58 Å². The normalized spacial score (nSPS) is 23.7. The van der Waals surface area contributed by atoms with E-state index in [0.717, 1.165) is 6.42 Å². The predicted octanol–water partition coefficient (Wildman–Crippen LogP) is 2.35. The summed E-state index contributed by atoms with van der Waals surface area (Å²) in [6.07, 6.45) is 14.9. The van der Waals surface area contributed by atoms with Crippen LogP contribution < -0.4 is 5.32 Å². The molecular formula is C17H30N4. The summed E-state index contributed by atoms with van der Waals surface area (Å²) in [5.41, 5.74) is 1.79. The van der Waals surface area contributed by atoms with Gasteiger partial charge in [-0.1, -0.05) is 12.8 Å². The smallest absolute Gasteiger partial charge is 0.0521 e. The van der Waals surface area contributed by atoms with E-state index in [0.29, 0.717) is 11.6 Å². The summed E-state index contributed by atoms with van der Waals surface area (Å²) >= 11 is 0. The third kappa shape index (κ3) is 3.02. The summed E-state index contributed by atoms with van der Waals surface area (Å²) in [6.45, 7) is 2.62. The molecule has 1 atom stereocenters. The first kappa shape index (κ1) is 15.0. The Kier molecular flexibility index (Phi) is 4.65. The average Bonchev–Trinajstić information content (AvgIpc) is 3.20. The predicted molar refractivity (Wildman–Crippen MR) is 86.4 cm³/mol. The van der Waals surface area contributed by atoms with Crippen LogP contribution >= 0.6 is 0 Å². The molecule has 1 saturated heterocycles. The number of rotatable bonds is 6. The lowest BCUT2D eigenvalue weighted by Crippen LogP contribution is -2.58. The first-order valence-corrected chi connectivity index (χ1v) is 8.64. The fourth-order valence-corrected chi connectivity index (χ4v) is 4.63. The van der Waals surface area contributed by atoms with E-state index in [-0.39, 0.29) is 0 Å². The summed E-state index contributed by atoms with van der Waals surface area (Å²) in [7, 11) is 4.16. The van der Waals surface area contributed by atoms with Crippen LogP contribution in [0.5, 0.6) is 0 Å². The second kappa shape index (κ2) is 6.49. The van der Waals surface area contributed by atoms with Crippen molar-refractivity contribution in [2.75, 3.05) is 20.1 Å². The Bertz CT molecular complexity index is 441. The van der Waals surface area contributed by atoms with Crippen LogP contribution in [0.25, 0.3) is 0 Å². The van der Waals surface area contributed by atoms with Crippen LogP contribution in [0.15, 0.2) is 12.4 Å². The summed E-state index contributed by atoms with van der Waals surface area (Å²) < 4.78 is 1.91. The largest absolute Gasteiger partial charge is 0.315 e. The van der Waals surface area contributed by atoms with Gasteiger partial charge < -0.3 is 5.32 Å². The summed E-state index contributed by atoms with van der Waals surface area (Å²) in [6, 6.07) is 0.610. The highest BCUT2D eigenvalue weighted by Gasteiger charge is 2.45. The van der Waals surface area contributed by atoms with E-state index in [2.05, 4.69) is 28.6 Å². The van der Waals surface area contributed by atoms with Gasteiger partial charge in [0.15, 0.2) is 0 Å². The molecule has 21 heavy (non-hydrogen) atoms. The van der Waals surface area contributed by atoms with Crippen LogP contribution in [0.1, 0.15) is 50.5 Å². The van der Waals surface area contributed by atoms with Crippen molar-refractivity contribution in [3.05, 3.63) is 18.0 Å². The molecular weight excluding hydrogens is 260 g/mol. The molecule has 3 rings (SSSR count). The van der Waals surface area contributed by atoms with Crippen molar-refractivity contribution in [2.45, 2.75) is 62.9 Å². The minimum atomic E-state index is 0.424. The Labute approximate surface area is 128 Å². The van der Waals surface area contributed by atoms with Gasteiger partial charge in [0.2, 0.25) is 0 Å². The van der Waals surface area contributed by atoms with E-state index >= 15 is 0 Å². The molecule has 4 nitrogen and oxygen atoms in total. The van der Waals surface area contributed by atoms with E-state index in [9.17, 15) is 0 Å². The second-order valence-corrected chi connectivity index (χ2v) is 6.91. The molecule has 1 aliphatic carbocycles. The molecule has 1 aromatic rings. The van der Waals surface area contributed by atoms with Gasteiger partial charge in [-0.2, -0.15) is 5.10 Å².